The maximum atomic E-state index is 10.6. The van der Waals surface area contributed by atoms with Gasteiger partial charge in [-0.25, -0.2) is 4.98 Å². The molecule has 2 heterocycles. The van der Waals surface area contributed by atoms with E-state index in [2.05, 4.69) is 10.1 Å². The largest absolute Gasteiger partial charge is 0.481 e. The molecule has 0 amide bonds. The number of aliphatic carboxylic acids is 1. The molecule has 0 atom stereocenters. The molecule has 2 aromatic heterocycles. The van der Waals surface area contributed by atoms with Gasteiger partial charge in [0.25, 0.3) is 0 Å². The molecule has 2 rings (SSSR count). The predicted octanol–water partition coefficient (Wildman–Crippen LogP) is 1.56. The van der Waals surface area contributed by atoms with Crippen molar-refractivity contribution >= 4 is 28.6 Å². The Morgan fingerprint density at radius 3 is 2.94 bits per heavy atom. The third-order valence-electron chi connectivity index (χ3n) is 2.32. The summed E-state index contributed by atoms with van der Waals surface area (Å²) in [6.07, 6.45) is -0.106. The highest BCUT2D eigenvalue weighted by molar-refractivity contribution is 6.34. The zero-order chi connectivity index (χ0) is 11.9. The van der Waals surface area contributed by atoms with Gasteiger partial charge in [0.1, 0.15) is 5.15 Å². The topological polar surface area (TPSA) is 68.0 Å². The van der Waals surface area contributed by atoms with Gasteiger partial charge in [-0.3, -0.25) is 9.48 Å². The van der Waals surface area contributed by atoms with E-state index in [1.54, 1.807) is 13.1 Å². The third-order valence-corrected chi connectivity index (χ3v) is 2.75. The number of rotatable bonds is 2. The Morgan fingerprint density at radius 2 is 2.31 bits per heavy atom. The number of carbonyl (C=O) groups is 1. The summed E-state index contributed by atoms with van der Waals surface area (Å²) in [6, 6.07) is 1.73. The monoisotopic (exact) mass is 239 g/mol. The summed E-state index contributed by atoms with van der Waals surface area (Å²) in [6.45, 7) is 1.86. The number of hydrogen-bond donors (Lipinski definition) is 1. The van der Waals surface area contributed by atoms with Crippen LogP contribution in [0.5, 0.6) is 0 Å². The zero-order valence-corrected chi connectivity index (χ0v) is 9.62. The van der Waals surface area contributed by atoms with Crippen LogP contribution in [0.2, 0.25) is 5.15 Å². The summed E-state index contributed by atoms with van der Waals surface area (Å²) < 4.78 is 1.52. The van der Waals surface area contributed by atoms with Crippen molar-refractivity contribution < 1.29 is 9.90 Å². The summed E-state index contributed by atoms with van der Waals surface area (Å²) in [7, 11) is 1.72. The molecule has 84 valence electrons. The number of aryl methyl sites for hydroxylation is 2. The number of halogens is 1. The lowest BCUT2D eigenvalue weighted by molar-refractivity contribution is -0.136. The van der Waals surface area contributed by atoms with Crippen LogP contribution in [0.15, 0.2) is 6.07 Å². The Bertz CT molecular complexity index is 577. The van der Waals surface area contributed by atoms with Gasteiger partial charge in [-0.2, -0.15) is 5.10 Å². The Morgan fingerprint density at radius 1 is 1.62 bits per heavy atom. The molecule has 0 aliphatic heterocycles. The summed E-state index contributed by atoms with van der Waals surface area (Å²) in [4.78, 5) is 14.8. The van der Waals surface area contributed by atoms with Crippen LogP contribution in [-0.2, 0) is 18.3 Å². The number of carboxylic acid groups (broad SMARTS) is 1. The first-order chi connectivity index (χ1) is 7.49. The summed E-state index contributed by atoms with van der Waals surface area (Å²) >= 11 is 6.05. The van der Waals surface area contributed by atoms with Gasteiger partial charge in [0.05, 0.1) is 17.5 Å². The van der Waals surface area contributed by atoms with Crippen molar-refractivity contribution in [2.75, 3.05) is 0 Å². The lowest BCUT2D eigenvalue weighted by atomic mass is 10.1. The molecular formula is C10H10ClN3O2. The third kappa shape index (κ3) is 1.74. The van der Waals surface area contributed by atoms with E-state index in [9.17, 15) is 4.79 Å². The molecule has 0 fully saturated rings. The minimum Gasteiger partial charge on any atom is -0.481 e. The molecule has 0 aliphatic carbocycles. The van der Waals surface area contributed by atoms with Crippen molar-refractivity contribution in [3.8, 4) is 0 Å². The van der Waals surface area contributed by atoms with Crippen LogP contribution >= 0.6 is 11.6 Å². The standard InChI is InChI=1S/C10H10ClN3O2/c1-5-3-6(4-7(15)16)12-10-8(5)9(11)14(2)13-10/h3H,4H2,1-2H3,(H,15,16). The van der Waals surface area contributed by atoms with Crippen molar-refractivity contribution in [3.63, 3.8) is 0 Å². The van der Waals surface area contributed by atoms with Gasteiger partial charge in [0.15, 0.2) is 5.65 Å². The van der Waals surface area contributed by atoms with Gasteiger partial charge in [-0.1, -0.05) is 11.6 Å². The molecule has 0 spiro atoms. The van der Waals surface area contributed by atoms with Gasteiger partial charge in [-0.15, -0.1) is 0 Å². The number of nitrogens with zero attached hydrogens (tertiary/aromatic N) is 3. The molecule has 16 heavy (non-hydrogen) atoms. The minimum absolute atomic E-state index is 0.106. The first-order valence-electron chi connectivity index (χ1n) is 4.69. The molecule has 0 unspecified atom stereocenters. The van der Waals surface area contributed by atoms with E-state index in [4.69, 9.17) is 16.7 Å². The summed E-state index contributed by atoms with van der Waals surface area (Å²) in [5.74, 6) is -0.909. The van der Waals surface area contributed by atoms with Crippen LogP contribution in [0.4, 0.5) is 0 Å². The smallest absolute Gasteiger partial charge is 0.309 e. The maximum Gasteiger partial charge on any atom is 0.309 e. The lowest BCUT2D eigenvalue weighted by Crippen LogP contribution is -2.03. The number of fused-ring (bicyclic) bond motifs is 1. The fourth-order valence-electron chi connectivity index (χ4n) is 1.64. The van der Waals surface area contributed by atoms with E-state index in [1.807, 2.05) is 6.92 Å². The first kappa shape index (κ1) is 10.9. The van der Waals surface area contributed by atoms with Crippen LogP contribution < -0.4 is 0 Å². The molecule has 0 aliphatic rings. The molecule has 6 heteroatoms. The van der Waals surface area contributed by atoms with Gasteiger partial charge < -0.3 is 5.11 Å². The van der Waals surface area contributed by atoms with Crippen molar-refractivity contribution in [1.29, 1.82) is 0 Å². The average molecular weight is 240 g/mol. The van der Waals surface area contributed by atoms with Gasteiger partial charge in [0, 0.05) is 7.05 Å². The molecule has 1 N–H and O–H groups in total. The molecular weight excluding hydrogens is 230 g/mol. The number of pyridine rings is 1. The first-order valence-corrected chi connectivity index (χ1v) is 5.07. The Kier molecular flexibility index (Phi) is 2.55. The van der Waals surface area contributed by atoms with E-state index in [0.29, 0.717) is 16.5 Å². The molecule has 2 aromatic rings. The predicted molar refractivity (Wildman–Crippen MR) is 59.6 cm³/mol. The normalized spacial score (nSPS) is 10.9. The Labute approximate surface area is 96.7 Å². The van der Waals surface area contributed by atoms with Crippen LogP contribution in [0.1, 0.15) is 11.3 Å². The zero-order valence-electron chi connectivity index (χ0n) is 8.86. The highest BCUT2D eigenvalue weighted by atomic mass is 35.5. The lowest BCUT2D eigenvalue weighted by Gasteiger charge is -1.99. The fraction of sp³-hybridized carbons (Fsp3) is 0.300. The highest BCUT2D eigenvalue weighted by Crippen LogP contribution is 2.25. The molecule has 0 radical (unpaired) electrons. The van der Waals surface area contributed by atoms with E-state index in [-0.39, 0.29) is 6.42 Å². The minimum atomic E-state index is -0.909. The molecule has 5 nitrogen and oxygen atoms in total. The van der Waals surface area contributed by atoms with Crippen molar-refractivity contribution in [1.82, 2.24) is 14.8 Å². The van der Waals surface area contributed by atoms with E-state index in [1.165, 1.54) is 4.68 Å². The van der Waals surface area contributed by atoms with Gasteiger partial charge in [0.2, 0.25) is 0 Å². The Hall–Kier alpha value is -1.62. The van der Waals surface area contributed by atoms with E-state index in [0.717, 1.165) is 10.9 Å². The highest BCUT2D eigenvalue weighted by Gasteiger charge is 2.13. The van der Waals surface area contributed by atoms with Gasteiger partial charge in [-0.05, 0) is 18.6 Å². The SMILES string of the molecule is Cc1cc(CC(=O)O)nc2nn(C)c(Cl)c12. The van der Waals surface area contributed by atoms with E-state index >= 15 is 0 Å². The van der Waals surface area contributed by atoms with E-state index < -0.39 is 5.97 Å². The number of hydrogen-bond acceptors (Lipinski definition) is 3. The summed E-state index contributed by atoms with van der Waals surface area (Å²) in [5.41, 5.74) is 1.87. The van der Waals surface area contributed by atoms with Crippen molar-refractivity contribution in [2.24, 2.45) is 7.05 Å². The van der Waals surface area contributed by atoms with Crippen molar-refractivity contribution in [2.45, 2.75) is 13.3 Å². The van der Waals surface area contributed by atoms with Crippen LogP contribution in [0.25, 0.3) is 11.0 Å². The number of aromatic nitrogens is 3. The van der Waals surface area contributed by atoms with Crippen LogP contribution in [0.3, 0.4) is 0 Å². The maximum absolute atomic E-state index is 10.6. The Balaban J connectivity index is 2.63. The average Bonchev–Trinajstić information content (AvgIpc) is 2.41. The second-order valence-corrected chi connectivity index (χ2v) is 3.97. The molecule has 0 aromatic carbocycles. The molecule has 0 saturated carbocycles. The number of carboxylic acids is 1. The van der Waals surface area contributed by atoms with Crippen LogP contribution in [-0.4, -0.2) is 25.8 Å². The molecule has 0 saturated heterocycles. The van der Waals surface area contributed by atoms with Gasteiger partial charge >= 0.3 is 5.97 Å². The van der Waals surface area contributed by atoms with Crippen molar-refractivity contribution in [3.05, 3.63) is 22.5 Å². The quantitative estimate of drug-likeness (QED) is 0.864. The fourth-order valence-corrected chi connectivity index (χ4v) is 1.91. The van der Waals surface area contributed by atoms with Crippen LogP contribution in [0, 0.1) is 6.92 Å². The second kappa shape index (κ2) is 3.75. The second-order valence-electron chi connectivity index (χ2n) is 3.61. The summed E-state index contributed by atoms with van der Waals surface area (Å²) in [5, 5.41) is 14.1. The molecule has 0 bridgehead atoms.